The minimum Gasteiger partial charge on any atom is -0.444 e. The van der Waals surface area contributed by atoms with Crippen molar-refractivity contribution in [3.63, 3.8) is 0 Å². The number of aliphatic hydroxyl groups excluding tert-OH is 1. The van der Waals surface area contributed by atoms with Gasteiger partial charge in [0.15, 0.2) is 0 Å². The van der Waals surface area contributed by atoms with Gasteiger partial charge in [-0.25, -0.2) is 18.6 Å². The topological polar surface area (TPSA) is 165 Å². The van der Waals surface area contributed by atoms with Crippen LogP contribution in [0.5, 0.6) is 0 Å². The van der Waals surface area contributed by atoms with Gasteiger partial charge in [-0.2, -0.15) is 0 Å². The number of fused-ring (bicyclic) bond motifs is 1. The van der Waals surface area contributed by atoms with Crippen LogP contribution in [0.3, 0.4) is 0 Å². The van der Waals surface area contributed by atoms with E-state index in [4.69, 9.17) is 19.2 Å². The summed E-state index contributed by atoms with van der Waals surface area (Å²) in [5.41, 5.74) is -0.149. The first-order valence-corrected chi connectivity index (χ1v) is 17.3. The van der Waals surface area contributed by atoms with Crippen LogP contribution in [0.1, 0.15) is 31.3 Å². The zero-order valence-electron chi connectivity index (χ0n) is 29.5. The van der Waals surface area contributed by atoms with E-state index in [1.165, 1.54) is 24.2 Å². The van der Waals surface area contributed by atoms with Crippen molar-refractivity contribution in [1.29, 1.82) is 0 Å². The third-order valence-electron chi connectivity index (χ3n) is 9.86. The monoisotopic (exact) mass is 736 g/mol. The van der Waals surface area contributed by atoms with E-state index in [1.54, 1.807) is 24.6 Å². The van der Waals surface area contributed by atoms with Crippen LogP contribution >= 0.6 is 0 Å². The van der Waals surface area contributed by atoms with Gasteiger partial charge < -0.3 is 39.4 Å². The molecule has 5 unspecified atom stereocenters. The minimum absolute atomic E-state index is 0.0384. The Kier molecular flexibility index (Phi) is 11.3. The van der Waals surface area contributed by atoms with E-state index in [0.29, 0.717) is 5.82 Å². The molecular formula is C37H42F2N6O8. The largest absolute Gasteiger partial charge is 0.444 e. The molecule has 3 N–H and O–H groups in total. The Morgan fingerprint density at radius 3 is 2.55 bits per heavy atom. The zero-order chi connectivity index (χ0) is 37.9. The number of aromatic nitrogens is 2. The molecule has 0 aliphatic carbocycles. The predicted octanol–water partition coefficient (Wildman–Crippen LogP) is 2.17. The first kappa shape index (κ1) is 37.7. The number of hydrogen-bond donors (Lipinski definition) is 3. The fraction of sp³-hybridized carbons (Fsp3) is 0.432. The van der Waals surface area contributed by atoms with E-state index >= 15 is 4.39 Å². The molecule has 5 atom stereocenters. The van der Waals surface area contributed by atoms with Crippen molar-refractivity contribution in [3.8, 4) is 11.3 Å². The van der Waals surface area contributed by atoms with Gasteiger partial charge in [0, 0.05) is 63.1 Å². The van der Waals surface area contributed by atoms with Gasteiger partial charge in [0.25, 0.3) is 17.7 Å². The van der Waals surface area contributed by atoms with Gasteiger partial charge in [0.05, 0.1) is 37.1 Å². The summed E-state index contributed by atoms with van der Waals surface area (Å²) in [4.78, 5) is 57.5. The molecule has 4 amide bonds. The number of benzene rings is 2. The van der Waals surface area contributed by atoms with E-state index < -0.39 is 71.3 Å². The van der Waals surface area contributed by atoms with Crippen LogP contribution in [0.2, 0.25) is 0 Å². The number of rotatable bonds is 14. The highest BCUT2D eigenvalue weighted by Gasteiger charge is 2.54. The van der Waals surface area contributed by atoms with Crippen LogP contribution in [-0.4, -0.2) is 119 Å². The molecule has 2 saturated heterocycles. The number of nitrogens with zero attached hydrogens (tertiary/aromatic N) is 4. The van der Waals surface area contributed by atoms with E-state index in [9.17, 15) is 28.7 Å². The number of hydrogen-bond acceptors (Lipinski definition) is 10. The maximum Gasteiger partial charge on any atom is 0.407 e. The molecule has 53 heavy (non-hydrogen) atoms. The molecular weight excluding hydrogens is 694 g/mol. The number of carbonyl (C=O) groups excluding carboxylic acids is 4. The fourth-order valence-corrected chi connectivity index (χ4v) is 7.00. The Morgan fingerprint density at radius 2 is 1.83 bits per heavy atom. The lowest BCUT2D eigenvalue weighted by Gasteiger charge is -2.47. The van der Waals surface area contributed by atoms with E-state index in [0.717, 1.165) is 28.7 Å². The maximum absolute atomic E-state index is 15.1. The lowest BCUT2D eigenvalue weighted by atomic mass is 9.85. The van der Waals surface area contributed by atoms with Gasteiger partial charge in [-0.15, -0.1) is 0 Å². The summed E-state index contributed by atoms with van der Waals surface area (Å²) >= 11 is 0. The van der Waals surface area contributed by atoms with Crippen molar-refractivity contribution in [2.75, 3.05) is 46.5 Å². The van der Waals surface area contributed by atoms with E-state index in [-0.39, 0.29) is 57.2 Å². The highest BCUT2D eigenvalue weighted by molar-refractivity contribution is 6.12. The number of alkyl carbamates (subject to hydrolysis) is 1. The number of likely N-dealkylation sites (tertiary alicyclic amines) is 1. The number of methoxy groups -OCH3 is 1. The molecule has 0 saturated carbocycles. The third kappa shape index (κ3) is 8.15. The highest BCUT2D eigenvalue weighted by atomic mass is 19.1. The predicted molar refractivity (Wildman–Crippen MR) is 185 cm³/mol. The summed E-state index contributed by atoms with van der Waals surface area (Å²) in [5, 5.41) is 17.1. The molecule has 2 fully saturated rings. The Bertz CT molecular complexity index is 1850. The Morgan fingerprint density at radius 1 is 1.09 bits per heavy atom. The summed E-state index contributed by atoms with van der Waals surface area (Å²) in [5.74, 6) is -2.96. The molecule has 3 aromatic rings. The van der Waals surface area contributed by atoms with Crippen molar-refractivity contribution in [2.24, 2.45) is 5.92 Å². The third-order valence-corrected chi connectivity index (χ3v) is 9.86. The van der Waals surface area contributed by atoms with Crippen molar-refractivity contribution in [3.05, 3.63) is 89.9 Å². The summed E-state index contributed by atoms with van der Waals surface area (Å²) < 4.78 is 48.3. The van der Waals surface area contributed by atoms with Crippen LogP contribution in [0, 0.1) is 17.6 Å². The van der Waals surface area contributed by atoms with Crippen molar-refractivity contribution < 1.29 is 47.3 Å². The minimum atomic E-state index is -1.50. The van der Waals surface area contributed by atoms with Gasteiger partial charge in [-0.3, -0.25) is 19.3 Å². The molecule has 6 rings (SSSR count). The molecule has 14 nitrogen and oxygen atoms in total. The summed E-state index contributed by atoms with van der Waals surface area (Å²) in [7, 11) is 1.48. The molecule has 0 bridgehead atoms. The molecule has 0 spiro atoms. The number of aliphatic hydroxyl groups is 1. The van der Waals surface area contributed by atoms with Gasteiger partial charge in [0.1, 0.15) is 35.7 Å². The SMILES string of the molecule is COC(C)(C)C(c1nc(-c2cc(F)ccc2F)cn1Cc1ccccc1)N1CC2C(OC(=O)NCCOCCN3C(=O)C=CC3=O)CNC2C(O)C1=O. The van der Waals surface area contributed by atoms with Crippen LogP contribution in [0.15, 0.2) is 66.9 Å². The van der Waals surface area contributed by atoms with Crippen molar-refractivity contribution in [1.82, 2.24) is 30.0 Å². The number of ether oxygens (including phenoxy) is 3. The molecule has 3 aliphatic heterocycles. The quantitative estimate of drug-likeness (QED) is 0.165. The lowest BCUT2D eigenvalue weighted by Crippen LogP contribution is -2.62. The van der Waals surface area contributed by atoms with Gasteiger partial charge in [-0.05, 0) is 37.6 Å². The number of nitrogens with one attached hydrogen (secondary N) is 2. The van der Waals surface area contributed by atoms with Crippen LogP contribution < -0.4 is 10.6 Å². The van der Waals surface area contributed by atoms with Gasteiger partial charge in [0.2, 0.25) is 0 Å². The number of piperidine rings is 1. The second-order valence-corrected chi connectivity index (χ2v) is 13.6. The van der Waals surface area contributed by atoms with Gasteiger partial charge >= 0.3 is 6.09 Å². The molecule has 3 aliphatic rings. The van der Waals surface area contributed by atoms with Gasteiger partial charge in [-0.1, -0.05) is 30.3 Å². The second-order valence-electron chi connectivity index (χ2n) is 13.6. The Balaban J connectivity index is 1.20. The molecule has 282 valence electrons. The normalized spacial score (nSPS) is 22.0. The number of halogens is 2. The van der Waals surface area contributed by atoms with Crippen LogP contribution in [-0.2, 0) is 35.1 Å². The standard InChI is InChI=1S/C37H42F2N6O8/c1-37(2,51-3)33(34-42-27(24-17-23(38)9-10-26(24)39)21-43(34)19-22-7-5-4-6-8-22)45-20-25-28(18-41-31(25)32(48)35(45)49)53-36(50)40-13-15-52-16-14-44-29(46)11-12-30(44)47/h4-12,17,21,25,28,31-33,41,48H,13-16,18-20H2,1-3H3,(H,40,50). The Labute approximate surface area is 304 Å². The molecule has 16 heteroatoms. The molecule has 0 radical (unpaired) electrons. The smallest absolute Gasteiger partial charge is 0.407 e. The number of carbonyl (C=O) groups is 4. The highest BCUT2D eigenvalue weighted by Crippen LogP contribution is 2.40. The molecule has 1 aromatic heterocycles. The zero-order valence-corrected chi connectivity index (χ0v) is 29.5. The average molecular weight is 737 g/mol. The summed E-state index contributed by atoms with van der Waals surface area (Å²) in [6, 6.07) is 10.9. The Hall–Kier alpha value is -5.03. The second kappa shape index (κ2) is 15.9. The average Bonchev–Trinajstić information content (AvgIpc) is 3.83. The lowest BCUT2D eigenvalue weighted by molar-refractivity contribution is -0.162. The first-order valence-electron chi connectivity index (χ1n) is 17.3. The van der Waals surface area contributed by atoms with E-state index in [2.05, 4.69) is 10.6 Å². The van der Waals surface area contributed by atoms with Crippen LogP contribution in [0.4, 0.5) is 13.6 Å². The number of amides is 4. The number of imidazole rings is 1. The molecule has 2 aromatic carbocycles. The molecule has 4 heterocycles. The van der Waals surface area contributed by atoms with E-state index in [1.807, 2.05) is 30.3 Å². The maximum atomic E-state index is 15.1. The summed E-state index contributed by atoms with van der Waals surface area (Å²) in [6.45, 7) is 4.38. The van der Waals surface area contributed by atoms with Crippen molar-refractivity contribution in [2.45, 2.75) is 50.3 Å². The first-order chi connectivity index (χ1) is 25.4. The summed E-state index contributed by atoms with van der Waals surface area (Å²) in [6.07, 6.45) is 1.01. The van der Waals surface area contributed by atoms with Crippen molar-refractivity contribution >= 4 is 23.8 Å². The van der Waals surface area contributed by atoms with Crippen LogP contribution in [0.25, 0.3) is 11.3 Å². The fourth-order valence-electron chi connectivity index (χ4n) is 7.00. The number of imide groups is 1.